The smallest absolute Gasteiger partial charge is 0.339 e. The van der Waals surface area contributed by atoms with Crippen LogP contribution in [0.5, 0.6) is 0 Å². The molecule has 1 fully saturated rings. The van der Waals surface area contributed by atoms with Crippen molar-refractivity contribution < 1.29 is 34.0 Å². The van der Waals surface area contributed by atoms with Gasteiger partial charge in [-0.15, -0.1) is 0 Å². The lowest BCUT2D eigenvalue weighted by molar-refractivity contribution is -0.197. The average molecular weight is 304 g/mol. The number of ether oxygens (including phenoxy) is 3. The number of rotatable bonds is 8. The third kappa shape index (κ3) is 4.39. The van der Waals surface area contributed by atoms with Gasteiger partial charge in [0.25, 0.3) is 0 Å². The van der Waals surface area contributed by atoms with Gasteiger partial charge < -0.3 is 24.4 Å². The Morgan fingerprint density at radius 1 is 1.14 bits per heavy atom. The fraction of sp³-hybridized carbons (Fsp3) is 0.857. The van der Waals surface area contributed by atoms with E-state index in [1.807, 2.05) is 0 Å². The van der Waals surface area contributed by atoms with E-state index < -0.39 is 23.5 Å². The lowest BCUT2D eigenvalue weighted by Crippen LogP contribution is -2.55. The molecule has 21 heavy (non-hydrogen) atoms. The summed E-state index contributed by atoms with van der Waals surface area (Å²) in [6, 6.07) is 0. The third-order valence-corrected chi connectivity index (χ3v) is 3.55. The highest BCUT2D eigenvalue weighted by Gasteiger charge is 2.53. The molecule has 0 aliphatic heterocycles. The molecule has 1 aliphatic rings. The Kier molecular flexibility index (Phi) is 7.63. The predicted molar refractivity (Wildman–Crippen MR) is 72.4 cm³/mol. The van der Waals surface area contributed by atoms with Crippen LogP contribution in [-0.2, 0) is 23.8 Å². The molecule has 0 aromatic rings. The van der Waals surface area contributed by atoms with Crippen LogP contribution in [0.2, 0.25) is 0 Å². The first-order valence-corrected chi connectivity index (χ1v) is 7.32. The van der Waals surface area contributed by atoms with E-state index in [1.165, 1.54) is 0 Å². The van der Waals surface area contributed by atoms with Crippen molar-refractivity contribution in [3.63, 3.8) is 0 Å². The van der Waals surface area contributed by atoms with E-state index in [4.69, 9.17) is 24.4 Å². The Balaban J connectivity index is 2.97. The number of carbonyl (C=O) groups is 2. The third-order valence-electron chi connectivity index (χ3n) is 3.55. The Morgan fingerprint density at radius 2 is 1.86 bits per heavy atom. The van der Waals surface area contributed by atoms with Crippen molar-refractivity contribution in [3.05, 3.63) is 0 Å². The van der Waals surface area contributed by atoms with Crippen LogP contribution in [-0.4, -0.2) is 60.8 Å². The highest BCUT2D eigenvalue weighted by Crippen LogP contribution is 2.39. The fourth-order valence-electron chi connectivity index (χ4n) is 2.66. The standard InChI is InChI=1S/C14H24O7/c1-2-19-12(17)11-5-3-4-6-14(11,21-10-8-16)13(18)20-9-7-15/h11,15-16H,2-10H2,1H3. The molecule has 2 unspecified atom stereocenters. The largest absolute Gasteiger partial charge is 0.466 e. The topological polar surface area (TPSA) is 102 Å². The van der Waals surface area contributed by atoms with Crippen molar-refractivity contribution in [1.29, 1.82) is 0 Å². The minimum atomic E-state index is -1.43. The zero-order valence-electron chi connectivity index (χ0n) is 12.4. The van der Waals surface area contributed by atoms with Crippen LogP contribution in [0.25, 0.3) is 0 Å². The predicted octanol–water partition coefficient (Wildman–Crippen LogP) is 0.0229. The normalized spacial score (nSPS) is 25.4. The number of aliphatic hydroxyl groups excluding tert-OH is 2. The molecule has 1 saturated carbocycles. The van der Waals surface area contributed by atoms with Crippen molar-refractivity contribution in [2.24, 2.45) is 5.92 Å². The highest BCUT2D eigenvalue weighted by atomic mass is 16.6. The maximum atomic E-state index is 12.4. The van der Waals surface area contributed by atoms with E-state index in [-0.39, 0.29) is 33.0 Å². The van der Waals surface area contributed by atoms with Crippen LogP contribution in [0, 0.1) is 5.92 Å². The summed E-state index contributed by atoms with van der Waals surface area (Å²) in [6.07, 6.45) is 2.32. The van der Waals surface area contributed by atoms with Crippen LogP contribution in [0.4, 0.5) is 0 Å². The molecule has 7 nitrogen and oxygen atoms in total. The summed E-state index contributed by atoms with van der Waals surface area (Å²) in [5.74, 6) is -1.91. The van der Waals surface area contributed by atoms with Gasteiger partial charge in [0.05, 0.1) is 32.3 Å². The van der Waals surface area contributed by atoms with Crippen LogP contribution < -0.4 is 0 Å². The van der Waals surface area contributed by atoms with Crippen LogP contribution in [0.1, 0.15) is 32.6 Å². The number of hydrogen-bond acceptors (Lipinski definition) is 7. The molecule has 7 heteroatoms. The minimum Gasteiger partial charge on any atom is -0.466 e. The molecule has 1 rings (SSSR count). The van der Waals surface area contributed by atoms with E-state index in [0.29, 0.717) is 12.8 Å². The van der Waals surface area contributed by atoms with Crippen LogP contribution in [0.3, 0.4) is 0 Å². The highest BCUT2D eigenvalue weighted by molar-refractivity contribution is 5.88. The van der Waals surface area contributed by atoms with Gasteiger partial charge in [-0.2, -0.15) is 0 Å². The molecule has 0 heterocycles. The molecule has 0 amide bonds. The summed E-state index contributed by atoms with van der Waals surface area (Å²) in [5.41, 5.74) is -1.43. The molecule has 0 radical (unpaired) electrons. The Labute approximate surface area is 124 Å². The zero-order chi connectivity index (χ0) is 15.7. The summed E-state index contributed by atoms with van der Waals surface area (Å²) < 4.78 is 15.6. The van der Waals surface area contributed by atoms with Gasteiger partial charge in [0.1, 0.15) is 6.61 Å². The molecule has 0 spiro atoms. The van der Waals surface area contributed by atoms with Gasteiger partial charge in [-0.1, -0.05) is 6.42 Å². The lowest BCUT2D eigenvalue weighted by atomic mass is 9.75. The summed E-state index contributed by atoms with van der Waals surface area (Å²) in [6.45, 7) is 1.14. The van der Waals surface area contributed by atoms with Gasteiger partial charge in [-0.25, -0.2) is 4.79 Å². The summed E-state index contributed by atoms with van der Waals surface area (Å²) in [5, 5.41) is 17.7. The maximum absolute atomic E-state index is 12.4. The average Bonchev–Trinajstić information content (AvgIpc) is 2.50. The van der Waals surface area contributed by atoms with Gasteiger partial charge >= 0.3 is 11.9 Å². The Morgan fingerprint density at radius 3 is 2.48 bits per heavy atom. The van der Waals surface area contributed by atoms with Crippen LogP contribution >= 0.6 is 0 Å². The number of esters is 2. The summed E-state index contributed by atoms with van der Waals surface area (Å²) >= 11 is 0. The number of carbonyl (C=O) groups excluding carboxylic acids is 2. The molecular formula is C14H24O7. The zero-order valence-corrected chi connectivity index (χ0v) is 12.4. The Hall–Kier alpha value is -1.18. The maximum Gasteiger partial charge on any atom is 0.339 e. The van der Waals surface area contributed by atoms with Crippen molar-refractivity contribution in [1.82, 2.24) is 0 Å². The first kappa shape index (κ1) is 17.9. The first-order valence-electron chi connectivity index (χ1n) is 7.32. The number of aliphatic hydroxyl groups is 2. The monoisotopic (exact) mass is 304 g/mol. The Bertz CT molecular complexity index is 344. The minimum absolute atomic E-state index is 0.0653. The fourth-order valence-corrected chi connectivity index (χ4v) is 2.66. The van der Waals surface area contributed by atoms with Gasteiger partial charge in [-0.05, 0) is 26.2 Å². The molecule has 0 saturated heterocycles. The second-order valence-corrected chi connectivity index (χ2v) is 4.87. The van der Waals surface area contributed by atoms with Crippen molar-refractivity contribution in [2.75, 3.05) is 33.0 Å². The van der Waals surface area contributed by atoms with Gasteiger partial charge in [-0.3, -0.25) is 4.79 Å². The molecule has 1 aliphatic carbocycles. The van der Waals surface area contributed by atoms with E-state index in [2.05, 4.69) is 0 Å². The lowest BCUT2D eigenvalue weighted by Gasteiger charge is -2.40. The molecule has 2 atom stereocenters. The van der Waals surface area contributed by atoms with E-state index in [9.17, 15) is 9.59 Å². The van der Waals surface area contributed by atoms with E-state index in [0.717, 1.165) is 12.8 Å². The number of hydrogen-bond donors (Lipinski definition) is 2. The molecule has 0 bridgehead atoms. The summed E-state index contributed by atoms with van der Waals surface area (Å²) in [7, 11) is 0. The molecule has 122 valence electrons. The van der Waals surface area contributed by atoms with Gasteiger partial charge in [0.15, 0.2) is 5.60 Å². The second-order valence-electron chi connectivity index (χ2n) is 4.87. The van der Waals surface area contributed by atoms with Crippen molar-refractivity contribution in [3.8, 4) is 0 Å². The van der Waals surface area contributed by atoms with Crippen LogP contribution in [0.15, 0.2) is 0 Å². The second kappa shape index (κ2) is 8.96. The molecule has 0 aromatic carbocycles. The SMILES string of the molecule is CCOC(=O)C1CCCCC1(OCCO)C(=O)OCCO. The molecule has 0 aromatic heterocycles. The van der Waals surface area contributed by atoms with Crippen molar-refractivity contribution >= 4 is 11.9 Å². The molecular weight excluding hydrogens is 280 g/mol. The van der Waals surface area contributed by atoms with E-state index >= 15 is 0 Å². The molecule has 2 N–H and O–H groups in total. The van der Waals surface area contributed by atoms with Crippen molar-refractivity contribution in [2.45, 2.75) is 38.2 Å². The van der Waals surface area contributed by atoms with E-state index in [1.54, 1.807) is 6.92 Å². The quantitative estimate of drug-likeness (QED) is 0.610. The first-order chi connectivity index (χ1) is 10.1. The van der Waals surface area contributed by atoms with Gasteiger partial charge in [0, 0.05) is 0 Å². The van der Waals surface area contributed by atoms with Gasteiger partial charge in [0.2, 0.25) is 0 Å². The summed E-state index contributed by atoms with van der Waals surface area (Å²) in [4.78, 5) is 24.5.